The van der Waals surface area contributed by atoms with Crippen molar-refractivity contribution < 1.29 is 9.53 Å². The molecule has 4 heteroatoms. The number of nitrogens with zero attached hydrogens (tertiary/aromatic N) is 1. The van der Waals surface area contributed by atoms with Crippen LogP contribution in [0, 0.1) is 0 Å². The molecule has 2 rings (SSSR count). The summed E-state index contributed by atoms with van der Waals surface area (Å²) in [6, 6.07) is 8.54. The number of likely N-dealkylation sites (tertiary alicyclic amines) is 1. The van der Waals surface area contributed by atoms with Gasteiger partial charge in [-0.1, -0.05) is 19.1 Å². The third-order valence-electron chi connectivity index (χ3n) is 3.78. The van der Waals surface area contributed by atoms with Gasteiger partial charge in [-0.05, 0) is 43.5 Å². The van der Waals surface area contributed by atoms with Crippen LogP contribution in [0.2, 0.25) is 0 Å². The highest BCUT2D eigenvalue weighted by molar-refractivity contribution is 5.78. The minimum atomic E-state index is 0.132. The minimum Gasteiger partial charge on any atom is -0.497 e. The molecule has 1 aromatic carbocycles. The van der Waals surface area contributed by atoms with E-state index in [1.165, 1.54) is 5.56 Å². The van der Waals surface area contributed by atoms with Crippen molar-refractivity contribution in [3.8, 4) is 5.75 Å². The fourth-order valence-electron chi connectivity index (χ4n) is 2.72. The summed E-state index contributed by atoms with van der Waals surface area (Å²) in [6.45, 7) is 4.32. The highest BCUT2D eigenvalue weighted by Gasteiger charge is 2.27. The van der Waals surface area contributed by atoms with Crippen molar-refractivity contribution in [2.75, 3.05) is 26.7 Å². The Morgan fingerprint density at radius 3 is 2.80 bits per heavy atom. The Bertz CT molecular complexity index is 431. The van der Waals surface area contributed by atoms with Gasteiger partial charge >= 0.3 is 0 Å². The summed E-state index contributed by atoms with van der Waals surface area (Å²) in [5, 5.41) is 2.95. The normalized spacial score (nSPS) is 19.0. The van der Waals surface area contributed by atoms with E-state index in [2.05, 4.69) is 29.3 Å². The molecule has 1 amide bonds. The van der Waals surface area contributed by atoms with Gasteiger partial charge in [0.1, 0.15) is 5.75 Å². The van der Waals surface area contributed by atoms with Crippen LogP contribution in [0.4, 0.5) is 0 Å². The van der Waals surface area contributed by atoms with Crippen LogP contribution in [0.15, 0.2) is 24.3 Å². The smallest absolute Gasteiger partial charge is 0.234 e. The van der Waals surface area contributed by atoms with E-state index in [0.29, 0.717) is 12.6 Å². The van der Waals surface area contributed by atoms with Gasteiger partial charge in [0.15, 0.2) is 0 Å². The molecule has 0 aromatic heterocycles. The predicted molar refractivity (Wildman–Crippen MR) is 79.8 cm³/mol. The van der Waals surface area contributed by atoms with Gasteiger partial charge in [-0.3, -0.25) is 9.69 Å². The lowest BCUT2D eigenvalue weighted by molar-refractivity contribution is -0.122. The molecule has 1 aliphatic heterocycles. The van der Waals surface area contributed by atoms with Crippen molar-refractivity contribution in [3.05, 3.63) is 29.8 Å². The van der Waals surface area contributed by atoms with Crippen molar-refractivity contribution in [1.29, 1.82) is 0 Å². The van der Waals surface area contributed by atoms with Crippen molar-refractivity contribution in [2.45, 2.75) is 32.2 Å². The molecule has 1 unspecified atom stereocenters. The zero-order valence-electron chi connectivity index (χ0n) is 12.4. The average Bonchev–Trinajstić information content (AvgIpc) is 2.93. The van der Waals surface area contributed by atoms with Crippen molar-refractivity contribution in [1.82, 2.24) is 10.2 Å². The maximum absolute atomic E-state index is 11.9. The van der Waals surface area contributed by atoms with E-state index >= 15 is 0 Å². The van der Waals surface area contributed by atoms with E-state index in [0.717, 1.165) is 38.1 Å². The van der Waals surface area contributed by atoms with E-state index in [9.17, 15) is 4.79 Å². The number of hydrogen-bond acceptors (Lipinski definition) is 3. The lowest BCUT2D eigenvalue weighted by Crippen LogP contribution is -2.37. The molecule has 1 aromatic rings. The third-order valence-corrected chi connectivity index (χ3v) is 3.78. The number of benzene rings is 1. The Morgan fingerprint density at radius 1 is 1.40 bits per heavy atom. The fraction of sp³-hybridized carbons (Fsp3) is 0.562. The number of amides is 1. The van der Waals surface area contributed by atoms with E-state index in [-0.39, 0.29) is 5.91 Å². The second-order valence-electron chi connectivity index (χ2n) is 5.25. The van der Waals surface area contributed by atoms with Crippen LogP contribution in [0.25, 0.3) is 0 Å². The first-order valence-corrected chi connectivity index (χ1v) is 7.39. The number of nitrogens with one attached hydrogen (secondary N) is 1. The monoisotopic (exact) mass is 276 g/mol. The van der Waals surface area contributed by atoms with E-state index in [1.54, 1.807) is 7.11 Å². The number of hydrogen-bond donors (Lipinski definition) is 1. The maximum Gasteiger partial charge on any atom is 0.234 e. The number of methoxy groups -OCH3 is 1. The molecule has 0 aliphatic carbocycles. The van der Waals surface area contributed by atoms with E-state index in [1.807, 2.05) is 12.1 Å². The molecule has 1 saturated heterocycles. The van der Waals surface area contributed by atoms with Crippen LogP contribution < -0.4 is 10.1 Å². The summed E-state index contributed by atoms with van der Waals surface area (Å²) < 4.78 is 5.19. The summed E-state index contributed by atoms with van der Waals surface area (Å²) >= 11 is 0. The van der Waals surface area contributed by atoms with Crippen LogP contribution in [-0.2, 0) is 4.79 Å². The average molecular weight is 276 g/mol. The fourth-order valence-corrected chi connectivity index (χ4v) is 2.72. The number of carbonyl (C=O) groups is 1. The summed E-state index contributed by atoms with van der Waals surface area (Å²) in [5.41, 5.74) is 1.27. The van der Waals surface area contributed by atoms with Crippen LogP contribution >= 0.6 is 0 Å². The van der Waals surface area contributed by atoms with Gasteiger partial charge in [0, 0.05) is 12.6 Å². The van der Waals surface area contributed by atoms with Crippen molar-refractivity contribution in [3.63, 3.8) is 0 Å². The van der Waals surface area contributed by atoms with E-state index < -0.39 is 0 Å². The second kappa shape index (κ2) is 7.29. The Hall–Kier alpha value is -1.55. The SMILES string of the molecule is CCCNC(=O)CN1CCCC1c1ccc(OC)cc1. The summed E-state index contributed by atoms with van der Waals surface area (Å²) in [7, 11) is 1.68. The predicted octanol–water partition coefficient (Wildman–Crippen LogP) is 2.36. The molecule has 20 heavy (non-hydrogen) atoms. The maximum atomic E-state index is 11.9. The number of ether oxygens (including phenoxy) is 1. The lowest BCUT2D eigenvalue weighted by atomic mass is 10.0. The standard InChI is InChI=1S/C16H24N2O2/c1-3-10-17-16(19)12-18-11-4-5-15(18)13-6-8-14(20-2)9-7-13/h6-9,15H,3-5,10-12H2,1-2H3,(H,17,19). The number of carbonyl (C=O) groups excluding carboxylic acids is 1. The highest BCUT2D eigenvalue weighted by atomic mass is 16.5. The van der Waals surface area contributed by atoms with Crippen molar-refractivity contribution >= 4 is 5.91 Å². The zero-order valence-corrected chi connectivity index (χ0v) is 12.4. The molecule has 4 nitrogen and oxygen atoms in total. The molecule has 0 saturated carbocycles. The molecule has 1 N–H and O–H groups in total. The summed E-state index contributed by atoms with van der Waals surface area (Å²) in [4.78, 5) is 14.1. The zero-order chi connectivity index (χ0) is 14.4. The van der Waals surface area contributed by atoms with Crippen LogP contribution in [-0.4, -0.2) is 37.6 Å². The molecule has 0 spiro atoms. The quantitative estimate of drug-likeness (QED) is 0.867. The lowest BCUT2D eigenvalue weighted by Gasteiger charge is -2.24. The van der Waals surface area contributed by atoms with Crippen LogP contribution in [0.5, 0.6) is 5.75 Å². The minimum absolute atomic E-state index is 0.132. The largest absolute Gasteiger partial charge is 0.497 e. The summed E-state index contributed by atoms with van der Waals surface area (Å²) in [5.74, 6) is 1.01. The van der Waals surface area contributed by atoms with Gasteiger partial charge in [-0.25, -0.2) is 0 Å². The highest BCUT2D eigenvalue weighted by Crippen LogP contribution is 2.32. The third kappa shape index (κ3) is 3.73. The Labute approximate surface area is 121 Å². The van der Waals surface area contributed by atoms with Gasteiger partial charge in [-0.15, -0.1) is 0 Å². The van der Waals surface area contributed by atoms with Gasteiger partial charge in [0.25, 0.3) is 0 Å². The second-order valence-corrected chi connectivity index (χ2v) is 5.25. The van der Waals surface area contributed by atoms with Crippen LogP contribution in [0.3, 0.4) is 0 Å². The molecule has 1 atom stereocenters. The molecule has 1 aliphatic rings. The van der Waals surface area contributed by atoms with E-state index in [4.69, 9.17) is 4.74 Å². The Balaban J connectivity index is 1.97. The van der Waals surface area contributed by atoms with Gasteiger partial charge < -0.3 is 10.1 Å². The molecule has 0 radical (unpaired) electrons. The molecular formula is C16H24N2O2. The number of rotatable bonds is 6. The first kappa shape index (κ1) is 14.9. The van der Waals surface area contributed by atoms with Crippen LogP contribution in [0.1, 0.15) is 37.8 Å². The molecule has 110 valence electrons. The Morgan fingerprint density at radius 2 is 2.15 bits per heavy atom. The molecule has 1 heterocycles. The first-order valence-electron chi connectivity index (χ1n) is 7.39. The topological polar surface area (TPSA) is 41.6 Å². The molecule has 1 fully saturated rings. The summed E-state index contributed by atoms with van der Waals surface area (Å²) in [6.07, 6.45) is 3.25. The molecular weight excluding hydrogens is 252 g/mol. The van der Waals surface area contributed by atoms with Gasteiger partial charge in [0.2, 0.25) is 5.91 Å². The van der Waals surface area contributed by atoms with Crippen molar-refractivity contribution in [2.24, 2.45) is 0 Å². The first-order chi connectivity index (χ1) is 9.74. The van der Waals surface area contributed by atoms with Gasteiger partial charge in [-0.2, -0.15) is 0 Å². The van der Waals surface area contributed by atoms with Gasteiger partial charge in [0.05, 0.1) is 13.7 Å². The Kier molecular flexibility index (Phi) is 5.41. The molecule has 0 bridgehead atoms.